The Hall–Kier alpha value is -3.00. The molecule has 2 aromatic heterocycles. The third-order valence-electron chi connectivity index (χ3n) is 3.47. The highest BCUT2D eigenvalue weighted by Crippen LogP contribution is 2.21. The first-order valence-electron chi connectivity index (χ1n) is 7.74. The Morgan fingerprint density at radius 2 is 2.00 bits per heavy atom. The molecule has 132 valence electrons. The highest BCUT2D eigenvalue weighted by molar-refractivity contribution is 9.10. The molecule has 0 aliphatic rings. The molecule has 2 heterocycles. The number of benzene rings is 1. The lowest BCUT2D eigenvalue weighted by Gasteiger charge is -2.08. The molecule has 2 N–H and O–H groups in total. The van der Waals surface area contributed by atoms with Crippen molar-refractivity contribution >= 4 is 27.5 Å². The Kier molecular flexibility index (Phi) is 5.43. The van der Waals surface area contributed by atoms with Gasteiger partial charge in [-0.15, -0.1) is 0 Å². The summed E-state index contributed by atoms with van der Waals surface area (Å²) in [6.07, 6.45) is 3.03. The molecular weight excluding hydrogens is 400 g/mol. The average Bonchev–Trinajstić information content (AvgIpc) is 2.61. The largest absolute Gasteiger partial charge is 0.439 e. The van der Waals surface area contributed by atoms with Crippen molar-refractivity contribution in [1.82, 2.24) is 15.0 Å². The van der Waals surface area contributed by atoms with E-state index < -0.39 is 0 Å². The van der Waals surface area contributed by atoms with Crippen molar-refractivity contribution in [1.29, 1.82) is 0 Å². The van der Waals surface area contributed by atoms with Crippen LogP contribution in [-0.2, 0) is 11.2 Å². The zero-order chi connectivity index (χ0) is 18.5. The van der Waals surface area contributed by atoms with Gasteiger partial charge in [0.15, 0.2) is 0 Å². The summed E-state index contributed by atoms with van der Waals surface area (Å²) in [6, 6.07) is 10.3. The second-order valence-corrected chi connectivity index (χ2v) is 6.29. The van der Waals surface area contributed by atoms with E-state index in [9.17, 15) is 9.59 Å². The molecule has 8 heteroatoms. The number of anilines is 1. The molecule has 0 radical (unpaired) electrons. The maximum atomic E-state index is 12.2. The van der Waals surface area contributed by atoms with Gasteiger partial charge in [0.25, 0.3) is 5.56 Å². The fourth-order valence-electron chi connectivity index (χ4n) is 2.23. The molecule has 0 aliphatic heterocycles. The van der Waals surface area contributed by atoms with E-state index in [1.54, 1.807) is 36.4 Å². The Morgan fingerprint density at radius 1 is 1.23 bits per heavy atom. The number of aromatic nitrogens is 3. The van der Waals surface area contributed by atoms with Crippen LogP contribution in [0.4, 0.5) is 5.69 Å². The number of nitrogens with zero attached hydrogens (tertiary/aromatic N) is 2. The van der Waals surface area contributed by atoms with E-state index in [2.05, 4.69) is 36.2 Å². The van der Waals surface area contributed by atoms with E-state index in [-0.39, 0.29) is 17.9 Å². The van der Waals surface area contributed by atoms with Crippen LogP contribution in [0.3, 0.4) is 0 Å². The van der Waals surface area contributed by atoms with Crippen LogP contribution in [0, 0.1) is 6.92 Å². The zero-order valence-electron chi connectivity index (χ0n) is 13.8. The van der Waals surface area contributed by atoms with Crippen molar-refractivity contribution in [2.45, 2.75) is 13.3 Å². The van der Waals surface area contributed by atoms with Gasteiger partial charge in [-0.05, 0) is 58.7 Å². The molecule has 3 aromatic rings. The van der Waals surface area contributed by atoms with Gasteiger partial charge in [0.1, 0.15) is 12.1 Å². The molecule has 26 heavy (non-hydrogen) atoms. The van der Waals surface area contributed by atoms with Crippen LogP contribution in [0.2, 0.25) is 0 Å². The Bertz CT molecular complexity index is 986. The predicted octanol–water partition coefficient (Wildman–Crippen LogP) is 3.21. The van der Waals surface area contributed by atoms with Crippen LogP contribution in [0.5, 0.6) is 11.6 Å². The molecule has 7 nitrogen and oxygen atoms in total. The summed E-state index contributed by atoms with van der Waals surface area (Å²) < 4.78 is 6.00. The average molecular weight is 415 g/mol. The van der Waals surface area contributed by atoms with Gasteiger partial charge >= 0.3 is 0 Å². The number of aryl methyl sites for hydroxylation is 1. The lowest BCUT2D eigenvalue weighted by molar-refractivity contribution is -0.115. The van der Waals surface area contributed by atoms with E-state index in [0.717, 1.165) is 5.69 Å². The molecule has 0 saturated heterocycles. The minimum absolute atomic E-state index is 0.0863. The number of amides is 1. The highest BCUT2D eigenvalue weighted by atomic mass is 79.9. The summed E-state index contributed by atoms with van der Waals surface area (Å²) in [5, 5.41) is 2.78. The molecular formula is C18H15BrN4O3. The number of hydrogen-bond acceptors (Lipinski definition) is 5. The number of carbonyl (C=O) groups is 1. The fraction of sp³-hybridized carbons (Fsp3) is 0.111. The molecule has 0 aliphatic carbocycles. The summed E-state index contributed by atoms with van der Waals surface area (Å²) in [7, 11) is 0. The first-order valence-corrected chi connectivity index (χ1v) is 8.53. The van der Waals surface area contributed by atoms with E-state index in [0.29, 0.717) is 27.4 Å². The number of nitrogens with one attached hydrogen (secondary N) is 2. The minimum atomic E-state index is -0.267. The van der Waals surface area contributed by atoms with Crippen molar-refractivity contribution < 1.29 is 9.53 Å². The van der Waals surface area contributed by atoms with Crippen LogP contribution in [-0.4, -0.2) is 20.9 Å². The van der Waals surface area contributed by atoms with E-state index >= 15 is 0 Å². The number of rotatable bonds is 5. The minimum Gasteiger partial charge on any atom is -0.439 e. The van der Waals surface area contributed by atoms with Crippen molar-refractivity contribution in [2.75, 3.05) is 5.32 Å². The van der Waals surface area contributed by atoms with Crippen molar-refractivity contribution in [2.24, 2.45) is 0 Å². The molecule has 0 fully saturated rings. The van der Waals surface area contributed by atoms with Crippen molar-refractivity contribution in [3.8, 4) is 11.6 Å². The van der Waals surface area contributed by atoms with E-state index in [1.165, 1.54) is 12.5 Å². The summed E-state index contributed by atoms with van der Waals surface area (Å²) in [5.74, 6) is 0.822. The number of carbonyl (C=O) groups excluding carboxylic acids is 1. The van der Waals surface area contributed by atoms with E-state index in [4.69, 9.17) is 4.74 Å². The van der Waals surface area contributed by atoms with Gasteiger partial charge in [-0.25, -0.2) is 9.97 Å². The van der Waals surface area contributed by atoms with Gasteiger partial charge in [-0.1, -0.05) is 0 Å². The van der Waals surface area contributed by atoms with Crippen LogP contribution >= 0.6 is 15.9 Å². The van der Waals surface area contributed by atoms with Crippen molar-refractivity contribution in [3.05, 3.63) is 75.0 Å². The monoisotopic (exact) mass is 414 g/mol. The number of H-pyrrole nitrogens is 1. The summed E-state index contributed by atoms with van der Waals surface area (Å²) >= 11 is 3.19. The number of hydrogen-bond donors (Lipinski definition) is 2. The molecule has 0 atom stereocenters. The normalized spacial score (nSPS) is 10.4. The first-order chi connectivity index (χ1) is 12.5. The number of ether oxygens (including phenoxy) is 1. The van der Waals surface area contributed by atoms with Crippen LogP contribution < -0.4 is 15.6 Å². The van der Waals surface area contributed by atoms with E-state index in [1.807, 2.05) is 6.92 Å². The second kappa shape index (κ2) is 7.92. The molecule has 0 spiro atoms. The number of pyridine rings is 1. The van der Waals surface area contributed by atoms with Gasteiger partial charge in [0.2, 0.25) is 11.8 Å². The van der Waals surface area contributed by atoms with Crippen LogP contribution in [0.25, 0.3) is 0 Å². The Labute approximate surface area is 157 Å². The lowest BCUT2D eigenvalue weighted by Crippen LogP contribution is -2.17. The molecule has 1 amide bonds. The Balaban J connectivity index is 1.62. The SMILES string of the molecule is Cc1cc(Oc2ccc(NC(=O)Cc3cc[nH]c(=O)c3Br)cc2)ncn1. The van der Waals surface area contributed by atoms with Crippen LogP contribution in [0.15, 0.2) is 58.2 Å². The zero-order valence-corrected chi connectivity index (χ0v) is 15.4. The van der Waals surface area contributed by atoms with Crippen LogP contribution in [0.1, 0.15) is 11.3 Å². The topological polar surface area (TPSA) is 97.0 Å². The maximum absolute atomic E-state index is 12.2. The van der Waals surface area contributed by atoms with Gasteiger partial charge in [0.05, 0.1) is 10.9 Å². The predicted molar refractivity (Wildman–Crippen MR) is 100 cm³/mol. The summed E-state index contributed by atoms with van der Waals surface area (Å²) in [6.45, 7) is 1.85. The standard InChI is InChI=1S/C18H15BrN4O3/c1-11-8-16(22-10-21-11)26-14-4-2-13(3-5-14)23-15(24)9-12-6-7-20-18(25)17(12)19/h2-8,10H,9H2,1H3,(H,20,25)(H,23,24). The molecule has 0 saturated carbocycles. The molecule has 3 rings (SSSR count). The maximum Gasteiger partial charge on any atom is 0.262 e. The quantitative estimate of drug-likeness (QED) is 0.667. The lowest BCUT2D eigenvalue weighted by atomic mass is 10.2. The van der Waals surface area contributed by atoms with Gasteiger partial charge in [-0.2, -0.15) is 0 Å². The third kappa shape index (κ3) is 4.54. The first kappa shape index (κ1) is 17.8. The van der Waals surface area contributed by atoms with Gasteiger partial charge in [0, 0.05) is 23.6 Å². The number of aromatic amines is 1. The second-order valence-electron chi connectivity index (χ2n) is 5.50. The fourth-order valence-corrected chi connectivity index (χ4v) is 2.61. The van der Waals surface area contributed by atoms with Gasteiger partial charge in [-0.3, -0.25) is 9.59 Å². The smallest absolute Gasteiger partial charge is 0.262 e. The molecule has 0 bridgehead atoms. The van der Waals surface area contributed by atoms with Gasteiger partial charge < -0.3 is 15.0 Å². The number of halogens is 1. The summed E-state index contributed by atoms with van der Waals surface area (Å²) in [4.78, 5) is 34.3. The highest BCUT2D eigenvalue weighted by Gasteiger charge is 2.09. The summed E-state index contributed by atoms with van der Waals surface area (Å²) in [5.41, 5.74) is 1.79. The molecule has 1 aromatic carbocycles. The van der Waals surface area contributed by atoms with Crippen molar-refractivity contribution in [3.63, 3.8) is 0 Å². The third-order valence-corrected chi connectivity index (χ3v) is 4.34. The Morgan fingerprint density at radius 3 is 2.73 bits per heavy atom. The molecule has 0 unspecified atom stereocenters.